The topological polar surface area (TPSA) is 55.1 Å². The molecule has 1 aliphatic rings. The molecule has 0 unspecified atom stereocenters. The van der Waals surface area contributed by atoms with Gasteiger partial charge in [0.25, 0.3) is 0 Å². The molecule has 0 bridgehead atoms. The first-order chi connectivity index (χ1) is 8.60. The molecule has 1 aliphatic carbocycles. The zero-order valence-corrected chi connectivity index (χ0v) is 13.4. The van der Waals surface area contributed by atoms with Crippen LogP contribution in [0.2, 0.25) is 0 Å². The molecule has 1 heterocycles. The number of carbonyl (C=O) groups is 1. The monoisotopic (exact) mass is 378 g/mol. The van der Waals surface area contributed by atoms with Gasteiger partial charge in [-0.05, 0) is 54.0 Å². The van der Waals surface area contributed by atoms with E-state index in [2.05, 4.69) is 40.0 Å². The van der Waals surface area contributed by atoms with Gasteiger partial charge < -0.3 is 11.1 Å². The summed E-state index contributed by atoms with van der Waals surface area (Å²) in [7, 11) is 0. The molecule has 5 heteroatoms. The molecule has 0 atom stereocenters. The Morgan fingerprint density at radius 3 is 2.72 bits per heavy atom. The van der Waals surface area contributed by atoms with E-state index in [0.717, 1.165) is 32.1 Å². The molecular formula is C13H19IN2OS. The third-order valence-corrected chi connectivity index (χ3v) is 5.44. The lowest BCUT2D eigenvalue weighted by Gasteiger charge is -2.31. The Kier molecular flexibility index (Phi) is 5.03. The highest BCUT2D eigenvalue weighted by molar-refractivity contribution is 14.1. The van der Waals surface area contributed by atoms with Crippen molar-refractivity contribution < 1.29 is 4.79 Å². The molecule has 100 valence electrons. The van der Waals surface area contributed by atoms with Crippen LogP contribution in [0.25, 0.3) is 0 Å². The third-order valence-electron chi connectivity index (χ3n) is 3.48. The summed E-state index contributed by atoms with van der Waals surface area (Å²) in [6, 6.07) is 4.23. The third kappa shape index (κ3) is 3.68. The van der Waals surface area contributed by atoms with Gasteiger partial charge in [0, 0.05) is 11.4 Å². The minimum absolute atomic E-state index is 0.0356. The highest BCUT2D eigenvalue weighted by Gasteiger charge is 2.34. The summed E-state index contributed by atoms with van der Waals surface area (Å²) < 4.78 is 1.29. The van der Waals surface area contributed by atoms with Gasteiger partial charge in [-0.3, -0.25) is 4.79 Å². The predicted molar refractivity (Wildman–Crippen MR) is 83.8 cm³/mol. The Bertz CT molecular complexity index is 413. The van der Waals surface area contributed by atoms with Crippen molar-refractivity contribution in [1.29, 1.82) is 0 Å². The number of hydrogen-bond donors (Lipinski definition) is 2. The second-order valence-corrected chi connectivity index (χ2v) is 7.99. The van der Waals surface area contributed by atoms with Gasteiger partial charge in [-0.2, -0.15) is 0 Å². The van der Waals surface area contributed by atoms with Crippen LogP contribution in [0, 0.1) is 2.88 Å². The molecule has 0 aromatic carbocycles. The minimum Gasteiger partial charge on any atom is -0.354 e. The molecule has 3 N–H and O–H groups in total. The van der Waals surface area contributed by atoms with Gasteiger partial charge in [0.05, 0.1) is 8.42 Å². The van der Waals surface area contributed by atoms with Crippen molar-refractivity contribution in [1.82, 2.24) is 5.32 Å². The van der Waals surface area contributed by atoms with Crippen molar-refractivity contribution in [3.8, 4) is 0 Å². The van der Waals surface area contributed by atoms with Crippen LogP contribution in [-0.2, 0) is 11.2 Å². The van der Waals surface area contributed by atoms with E-state index in [4.69, 9.17) is 5.73 Å². The Labute approximate surface area is 126 Å². The summed E-state index contributed by atoms with van der Waals surface area (Å²) in [4.78, 5) is 13.4. The molecule has 0 radical (unpaired) electrons. The molecule has 1 aromatic heterocycles. The van der Waals surface area contributed by atoms with E-state index in [-0.39, 0.29) is 5.91 Å². The molecule has 1 fully saturated rings. The maximum absolute atomic E-state index is 12.1. The van der Waals surface area contributed by atoms with Crippen molar-refractivity contribution in [2.24, 2.45) is 5.73 Å². The van der Waals surface area contributed by atoms with Crippen molar-refractivity contribution in [2.45, 2.75) is 44.1 Å². The molecule has 18 heavy (non-hydrogen) atoms. The quantitative estimate of drug-likeness (QED) is 0.792. The van der Waals surface area contributed by atoms with E-state index in [1.807, 2.05) is 0 Å². The summed E-state index contributed by atoms with van der Waals surface area (Å²) in [6.07, 6.45) is 5.92. The standard InChI is InChI=1S/C13H19IN2OS/c14-11-5-4-10(18-11)6-9-16-12(17)13(15)7-2-1-3-8-13/h4-5H,1-3,6-9,15H2,(H,16,17). The summed E-state index contributed by atoms with van der Waals surface area (Å²) in [6.45, 7) is 0.689. The fourth-order valence-electron chi connectivity index (χ4n) is 2.37. The number of nitrogens with two attached hydrogens (primary N) is 1. The SMILES string of the molecule is NC1(C(=O)NCCc2ccc(I)s2)CCCCC1. The maximum atomic E-state index is 12.1. The molecule has 2 rings (SSSR count). The van der Waals surface area contributed by atoms with Crippen molar-refractivity contribution in [3.05, 3.63) is 19.9 Å². The number of rotatable bonds is 4. The second-order valence-electron chi connectivity index (χ2n) is 4.93. The molecule has 0 spiro atoms. The fourth-order valence-corrected chi connectivity index (χ4v) is 4.13. The van der Waals surface area contributed by atoms with Crippen LogP contribution in [0.5, 0.6) is 0 Å². The number of carbonyl (C=O) groups excluding carboxylic acids is 1. The zero-order valence-electron chi connectivity index (χ0n) is 10.4. The molecule has 1 amide bonds. The fraction of sp³-hybridized carbons (Fsp3) is 0.615. The summed E-state index contributed by atoms with van der Waals surface area (Å²) >= 11 is 4.09. The first kappa shape index (κ1) is 14.3. The Balaban J connectivity index is 1.77. The highest BCUT2D eigenvalue weighted by atomic mass is 127. The first-order valence-corrected chi connectivity index (χ1v) is 8.31. The number of hydrogen-bond acceptors (Lipinski definition) is 3. The van der Waals surface area contributed by atoms with Gasteiger partial charge in [0.2, 0.25) is 5.91 Å². The van der Waals surface area contributed by atoms with Gasteiger partial charge in [-0.15, -0.1) is 11.3 Å². The van der Waals surface area contributed by atoms with Gasteiger partial charge in [0.15, 0.2) is 0 Å². The van der Waals surface area contributed by atoms with Crippen LogP contribution in [0.3, 0.4) is 0 Å². The summed E-state index contributed by atoms with van der Waals surface area (Å²) in [5.41, 5.74) is 5.57. The van der Waals surface area contributed by atoms with Crippen LogP contribution < -0.4 is 11.1 Å². The molecule has 0 saturated heterocycles. The Morgan fingerprint density at radius 1 is 1.39 bits per heavy atom. The van der Waals surface area contributed by atoms with E-state index in [1.165, 1.54) is 14.2 Å². The van der Waals surface area contributed by atoms with E-state index >= 15 is 0 Å². The van der Waals surface area contributed by atoms with Crippen molar-refractivity contribution >= 4 is 39.8 Å². The summed E-state index contributed by atoms with van der Waals surface area (Å²) in [5, 5.41) is 2.99. The van der Waals surface area contributed by atoms with E-state index in [1.54, 1.807) is 11.3 Å². The average molecular weight is 378 g/mol. The van der Waals surface area contributed by atoms with Gasteiger partial charge in [0.1, 0.15) is 0 Å². The normalized spacial score (nSPS) is 18.6. The molecule has 1 aromatic rings. The maximum Gasteiger partial charge on any atom is 0.240 e. The largest absolute Gasteiger partial charge is 0.354 e. The van der Waals surface area contributed by atoms with Crippen molar-refractivity contribution in [2.75, 3.05) is 6.54 Å². The van der Waals surface area contributed by atoms with E-state index < -0.39 is 5.54 Å². The number of halogens is 1. The smallest absolute Gasteiger partial charge is 0.240 e. The van der Waals surface area contributed by atoms with Crippen LogP contribution >= 0.6 is 33.9 Å². The molecule has 0 aliphatic heterocycles. The minimum atomic E-state index is -0.609. The number of amides is 1. The molecular weight excluding hydrogens is 359 g/mol. The Hall–Kier alpha value is -0.140. The van der Waals surface area contributed by atoms with E-state index in [9.17, 15) is 4.79 Å². The van der Waals surface area contributed by atoms with Crippen LogP contribution in [0.1, 0.15) is 37.0 Å². The van der Waals surface area contributed by atoms with Gasteiger partial charge in [-0.25, -0.2) is 0 Å². The predicted octanol–water partition coefficient (Wildman–Crippen LogP) is 2.67. The lowest BCUT2D eigenvalue weighted by Crippen LogP contribution is -2.55. The van der Waals surface area contributed by atoms with E-state index in [0.29, 0.717) is 6.54 Å². The average Bonchev–Trinajstić information content (AvgIpc) is 2.76. The van der Waals surface area contributed by atoms with Crippen LogP contribution in [-0.4, -0.2) is 18.0 Å². The first-order valence-electron chi connectivity index (χ1n) is 6.41. The van der Waals surface area contributed by atoms with Gasteiger partial charge >= 0.3 is 0 Å². The second kappa shape index (κ2) is 6.34. The van der Waals surface area contributed by atoms with Gasteiger partial charge in [-0.1, -0.05) is 19.3 Å². The Morgan fingerprint density at radius 2 is 2.11 bits per heavy atom. The zero-order chi connectivity index (χ0) is 13.0. The van der Waals surface area contributed by atoms with Crippen LogP contribution in [0.15, 0.2) is 12.1 Å². The van der Waals surface area contributed by atoms with Crippen LogP contribution in [0.4, 0.5) is 0 Å². The lowest BCUT2D eigenvalue weighted by atomic mass is 9.82. The molecule has 3 nitrogen and oxygen atoms in total. The summed E-state index contributed by atoms with van der Waals surface area (Å²) in [5.74, 6) is 0.0356. The number of thiophene rings is 1. The highest BCUT2D eigenvalue weighted by Crippen LogP contribution is 2.26. The lowest BCUT2D eigenvalue weighted by molar-refractivity contribution is -0.127. The molecule has 1 saturated carbocycles. The number of nitrogens with one attached hydrogen (secondary N) is 1. The van der Waals surface area contributed by atoms with Crippen molar-refractivity contribution in [3.63, 3.8) is 0 Å².